The third kappa shape index (κ3) is 73.9. The first-order chi connectivity index (χ1) is 44.6. The maximum atomic E-state index is 12.4. The minimum absolute atomic E-state index is 0.104. The Morgan fingerprint density at radius 1 is 0.256 bits per heavy atom. The monoisotopic (exact) mass is 1230 g/mol. The van der Waals surface area contributed by atoms with E-state index in [9.17, 15) is 14.7 Å². The van der Waals surface area contributed by atoms with Crippen molar-refractivity contribution in [3.63, 3.8) is 0 Å². The quantitative estimate of drug-likeness (QED) is 0.0373. The molecule has 496 valence electrons. The molecule has 0 rings (SSSR count). The zero-order valence-electron chi connectivity index (χ0n) is 56.8. The molecule has 90 heavy (non-hydrogen) atoms. The summed E-state index contributed by atoms with van der Waals surface area (Å²) >= 11 is 0. The van der Waals surface area contributed by atoms with Crippen molar-refractivity contribution in [1.29, 1.82) is 0 Å². The van der Waals surface area contributed by atoms with Crippen LogP contribution >= 0.6 is 0 Å². The maximum Gasteiger partial charge on any atom is 0.306 e. The minimum Gasteiger partial charge on any atom is -0.462 e. The van der Waals surface area contributed by atoms with Crippen LogP contribution in [0.25, 0.3) is 0 Å². The van der Waals surface area contributed by atoms with E-state index in [-0.39, 0.29) is 31.6 Å². The lowest BCUT2D eigenvalue weighted by Crippen LogP contribution is -2.28. The van der Waals surface area contributed by atoms with E-state index in [0.29, 0.717) is 12.8 Å². The normalized spacial score (nSPS) is 13.9. The molecule has 5 heteroatoms. The first-order valence-electron chi connectivity index (χ1n) is 35.2. The maximum absolute atomic E-state index is 12.4. The molecule has 1 N–H and O–H groups in total. The van der Waals surface area contributed by atoms with E-state index in [4.69, 9.17) is 9.47 Å². The summed E-state index contributed by atoms with van der Waals surface area (Å²) in [6, 6.07) is 0. The van der Waals surface area contributed by atoms with Crippen LogP contribution in [0.1, 0.15) is 245 Å². The zero-order chi connectivity index (χ0) is 64.7. The predicted molar refractivity (Wildman–Crippen MR) is 397 cm³/mol. The highest BCUT2D eigenvalue weighted by Gasteiger charge is 2.16. The lowest BCUT2D eigenvalue weighted by molar-refractivity contribution is -0.161. The molecule has 0 saturated carbocycles. The first kappa shape index (κ1) is 83.4. The molecular weight excluding hydrogens is 1100 g/mol. The highest BCUT2D eigenvalue weighted by atomic mass is 16.6. The van der Waals surface area contributed by atoms with Gasteiger partial charge in [-0.1, -0.05) is 314 Å². The predicted octanol–water partition coefficient (Wildman–Crippen LogP) is 25.2. The number of carbonyl (C=O) groups excluding carboxylic acids is 2. The molecule has 1 atom stereocenters. The largest absolute Gasteiger partial charge is 0.462 e. The first-order valence-corrected chi connectivity index (χ1v) is 35.2. The Hall–Kier alpha value is -6.56. The molecule has 0 saturated heterocycles. The number of hydrogen-bond donors (Lipinski definition) is 1. The summed E-state index contributed by atoms with van der Waals surface area (Å²) in [6.07, 6.45) is 128. The number of unbranched alkanes of at least 4 members (excludes halogenated alkanes) is 11. The highest BCUT2D eigenvalue weighted by molar-refractivity contribution is 5.70. The molecule has 0 amide bonds. The van der Waals surface area contributed by atoms with Gasteiger partial charge in [0.2, 0.25) is 0 Å². The average molecular weight is 1230 g/mol. The van der Waals surface area contributed by atoms with Crippen molar-refractivity contribution in [2.24, 2.45) is 0 Å². The summed E-state index contributed by atoms with van der Waals surface area (Å²) < 4.78 is 10.7. The van der Waals surface area contributed by atoms with Gasteiger partial charge in [0.15, 0.2) is 6.10 Å². The van der Waals surface area contributed by atoms with Crippen LogP contribution in [0.3, 0.4) is 0 Å². The lowest BCUT2D eigenvalue weighted by Gasteiger charge is -2.15. The van der Waals surface area contributed by atoms with Gasteiger partial charge in [-0.3, -0.25) is 9.59 Å². The van der Waals surface area contributed by atoms with Crippen LogP contribution in [-0.2, 0) is 19.1 Å². The summed E-state index contributed by atoms with van der Waals surface area (Å²) in [5, 5.41) is 9.70. The fourth-order valence-corrected chi connectivity index (χ4v) is 8.65. The fourth-order valence-electron chi connectivity index (χ4n) is 8.65. The van der Waals surface area contributed by atoms with Crippen molar-refractivity contribution in [1.82, 2.24) is 0 Å². The molecule has 0 aromatic rings. The molecule has 0 spiro atoms. The number of esters is 2. The van der Waals surface area contributed by atoms with E-state index in [1.54, 1.807) is 0 Å². The van der Waals surface area contributed by atoms with Crippen LogP contribution in [0.15, 0.2) is 255 Å². The smallest absolute Gasteiger partial charge is 0.306 e. The van der Waals surface area contributed by atoms with Crippen molar-refractivity contribution in [2.75, 3.05) is 13.2 Å². The van der Waals surface area contributed by atoms with Crippen LogP contribution in [0.2, 0.25) is 0 Å². The molecule has 0 heterocycles. The summed E-state index contributed by atoms with van der Waals surface area (Å²) in [6.45, 7) is 3.85. The number of rotatable bonds is 61. The molecule has 0 aromatic heterocycles. The van der Waals surface area contributed by atoms with Crippen LogP contribution in [0.5, 0.6) is 0 Å². The van der Waals surface area contributed by atoms with Gasteiger partial charge >= 0.3 is 11.9 Å². The van der Waals surface area contributed by atoms with E-state index in [0.717, 1.165) is 173 Å². The van der Waals surface area contributed by atoms with Gasteiger partial charge in [0.25, 0.3) is 0 Å². The summed E-state index contributed by atoms with van der Waals surface area (Å²) in [5.74, 6) is -0.669. The number of hydrogen-bond acceptors (Lipinski definition) is 5. The van der Waals surface area contributed by atoms with Crippen LogP contribution < -0.4 is 0 Å². The van der Waals surface area contributed by atoms with Crippen LogP contribution in [0, 0.1) is 0 Å². The SMILES string of the molecule is CC/C=C\C/C=C\C/C=C\C/C=C\C/C=C\C/C=C\C/C=C\C/C=C\C/C=C\C/C=C\C/C=C\C/C=C\CCCCC(=O)OC(CO)COC(=O)CCCCCCCCCCC/C=C\C/C=C\C/C=C\C/C=C\C/C=C\C/C=C\C/C=C\C/C=C\C/C=C\CC. The van der Waals surface area contributed by atoms with Gasteiger partial charge in [0.1, 0.15) is 6.61 Å². The number of allylic oxidation sites excluding steroid dienone is 42. The van der Waals surface area contributed by atoms with Gasteiger partial charge in [0, 0.05) is 12.8 Å². The Bertz CT molecular complexity index is 2280. The van der Waals surface area contributed by atoms with Gasteiger partial charge in [-0.05, 0) is 173 Å². The van der Waals surface area contributed by atoms with E-state index >= 15 is 0 Å². The second kappa shape index (κ2) is 76.7. The Kier molecular flexibility index (Phi) is 71.1. The van der Waals surface area contributed by atoms with Crippen molar-refractivity contribution in [3.05, 3.63) is 255 Å². The summed E-state index contributed by atoms with van der Waals surface area (Å²) in [4.78, 5) is 24.6. The van der Waals surface area contributed by atoms with E-state index in [2.05, 4.69) is 269 Å². The van der Waals surface area contributed by atoms with Crippen LogP contribution in [-0.4, -0.2) is 36.4 Å². The molecule has 0 bridgehead atoms. The van der Waals surface area contributed by atoms with Gasteiger partial charge in [0.05, 0.1) is 6.61 Å². The van der Waals surface area contributed by atoms with Crippen molar-refractivity contribution < 1.29 is 24.2 Å². The van der Waals surface area contributed by atoms with Crippen molar-refractivity contribution in [2.45, 2.75) is 251 Å². The Balaban J connectivity index is 3.70. The molecule has 0 aliphatic heterocycles. The molecule has 0 radical (unpaired) electrons. The topological polar surface area (TPSA) is 72.8 Å². The third-order valence-corrected chi connectivity index (χ3v) is 13.8. The molecular formula is C85H126O5. The van der Waals surface area contributed by atoms with E-state index in [1.165, 1.54) is 38.5 Å². The fraction of sp³-hybridized carbons (Fsp3) is 0.482. The molecule has 0 aromatic carbocycles. The zero-order valence-corrected chi connectivity index (χ0v) is 56.8. The highest BCUT2D eigenvalue weighted by Crippen LogP contribution is 2.13. The van der Waals surface area contributed by atoms with Gasteiger partial charge in [-0.2, -0.15) is 0 Å². The number of aliphatic hydroxyl groups excluding tert-OH is 1. The van der Waals surface area contributed by atoms with Gasteiger partial charge < -0.3 is 14.6 Å². The lowest BCUT2D eigenvalue weighted by atomic mass is 10.1. The number of carbonyl (C=O) groups is 2. The molecule has 0 fully saturated rings. The van der Waals surface area contributed by atoms with E-state index in [1.807, 2.05) is 0 Å². The molecule has 0 aliphatic rings. The van der Waals surface area contributed by atoms with Gasteiger partial charge in [-0.25, -0.2) is 0 Å². The molecule has 1 unspecified atom stereocenters. The Labute approximate surface area is 552 Å². The number of aliphatic hydroxyl groups is 1. The second-order valence-corrected chi connectivity index (χ2v) is 22.1. The standard InChI is InChI=1S/C85H126O5/c1-3-5-7-9-11-13-15-17-19-21-23-25-27-29-31-33-35-37-39-41-42-44-46-48-50-52-54-56-58-60-62-64-66-68-70-72-74-76-78-80-85(88)90-83(81-86)82-89-84(87)79-77-75-73-71-69-67-65-63-61-59-57-55-53-51-49-47-45-43-40-38-36-34-32-30-28-26-24-22-20-18-16-14-12-10-8-6-4-2/h5-8,11-14,17-20,23-26,29-32,35-38,41-43,45-46,48-49,51-52,54-55,57-58,60,64,66,70,72,83,86H,3-4,9-10,15-16,21-22,27-28,33-34,39-40,44,47,50,53,56,59,61-63,65,67-69,71,73-82H2,1-2H3/b7-5-,8-6-,13-11-,14-12-,19-17-,20-18-,25-23-,26-24-,31-29-,32-30-,37-35-,38-36-,42-41-,45-43-,48-46-,51-49-,54-52-,57-55-,60-58-,66-64-,72-70-. The molecule has 0 aliphatic carbocycles. The second-order valence-electron chi connectivity index (χ2n) is 22.1. The van der Waals surface area contributed by atoms with Crippen molar-refractivity contribution in [3.8, 4) is 0 Å². The summed E-state index contributed by atoms with van der Waals surface area (Å²) in [7, 11) is 0. The summed E-state index contributed by atoms with van der Waals surface area (Å²) in [5.41, 5.74) is 0. The van der Waals surface area contributed by atoms with E-state index < -0.39 is 6.10 Å². The minimum atomic E-state index is -0.820. The van der Waals surface area contributed by atoms with Crippen LogP contribution in [0.4, 0.5) is 0 Å². The number of ether oxygens (including phenoxy) is 2. The van der Waals surface area contributed by atoms with Gasteiger partial charge in [-0.15, -0.1) is 0 Å². The average Bonchev–Trinajstić information content (AvgIpc) is 3.59. The Morgan fingerprint density at radius 2 is 0.444 bits per heavy atom. The molecule has 5 nitrogen and oxygen atoms in total. The van der Waals surface area contributed by atoms with Crippen molar-refractivity contribution >= 4 is 11.9 Å². The Morgan fingerprint density at radius 3 is 0.689 bits per heavy atom. The third-order valence-electron chi connectivity index (χ3n) is 13.8.